The number of carboxylic acids is 1. The highest BCUT2D eigenvalue weighted by Crippen LogP contribution is 2.19. The number of hydrogen-bond acceptors (Lipinski definition) is 7. The van der Waals surface area contributed by atoms with E-state index >= 15 is 0 Å². The number of nitrogens with zero attached hydrogens (tertiary/aromatic N) is 1. The number of aromatic amines is 1. The summed E-state index contributed by atoms with van der Waals surface area (Å²) in [6.07, 6.45) is 2.15. The first-order chi connectivity index (χ1) is 20.3. The summed E-state index contributed by atoms with van der Waals surface area (Å²) in [5.41, 5.74) is 23.3. The van der Waals surface area contributed by atoms with Crippen LogP contribution in [-0.2, 0) is 30.4 Å². The summed E-state index contributed by atoms with van der Waals surface area (Å²) in [5, 5.41) is 18.4. The largest absolute Gasteiger partial charge is 0.480 e. The summed E-state index contributed by atoms with van der Waals surface area (Å²) in [5.74, 6) is -4.18. The number of carboxylic acid groups (broad SMARTS) is 1. The molecule has 0 aliphatic heterocycles. The van der Waals surface area contributed by atoms with Crippen molar-refractivity contribution >= 4 is 46.5 Å². The molecule has 1 aromatic heterocycles. The summed E-state index contributed by atoms with van der Waals surface area (Å²) >= 11 is 0. The lowest BCUT2D eigenvalue weighted by atomic mass is 10.00. The second kappa shape index (κ2) is 16.7. The number of fused-ring (bicyclic) bond motifs is 1. The monoisotopic (exact) mass is 601 g/mol. The number of carbonyl (C=O) groups is 5. The molecule has 0 aliphatic carbocycles. The smallest absolute Gasteiger partial charge is 0.326 e. The molecule has 4 unspecified atom stereocenters. The molecule has 0 aliphatic rings. The molecule has 15 nitrogen and oxygen atoms in total. The fourth-order valence-corrected chi connectivity index (χ4v) is 4.45. The minimum Gasteiger partial charge on any atom is -0.480 e. The van der Waals surface area contributed by atoms with Crippen LogP contribution in [0.5, 0.6) is 0 Å². The topological polar surface area (TPSA) is 274 Å². The van der Waals surface area contributed by atoms with Crippen molar-refractivity contribution in [2.24, 2.45) is 33.8 Å². The summed E-state index contributed by atoms with van der Waals surface area (Å²) in [7, 11) is 0. The first-order valence-corrected chi connectivity index (χ1v) is 14.1. The van der Waals surface area contributed by atoms with Crippen LogP contribution in [0.1, 0.15) is 51.5 Å². The van der Waals surface area contributed by atoms with Crippen LogP contribution < -0.4 is 38.9 Å². The van der Waals surface area contributed by atoms with E-state index in [0.717, 1.165) is 10.9 Å². The fourth-order valence-electron chi connectivity index (χ4n) is 4.45. The van der Waals surface area contributed by atoms with Crippen molar-refractivity contribution < 1.29 is 29.1 Å². The van der Waals surface area contributed by atoms with Gasteiger partial charge in [-0.2, -0.15) is 0 Å². The number of aromatic nitrogens is 1. The standard InChI is InChI=1S/C28H43N9O6/c1-15(2)12-21(26(41)37-22(27(42)43)13-16-14-34-19-8-4-3-6-17(16)19)36-25(40)20(9-10-23(30)38)35-24(39)18(29)7-5-11-33-28(31)32/h3-4,6,8,14-15,18,20-22,34H,5,7,9-13,29H2,1-2H3,(H2,30,38)(H,35,39)(H,36,40)(H,37,41)(H,42,43)(H4,31,32,33). The molecule has 2 rings (SSSR count). The number of aliphatic carboxylic acids is 1. The zero-order valence-electron chi connectivity index (χ0n) is 24.5. The number of primary amides is 1. The lowest BCUT2D eigenvalue weighted by Crippen LogP contribution is -2.57. The van der Waals surface area contributed by atoms with E-state index in [9.17, 15) is 29.1 Å². The molecule has 1 aromatic carbocycles. The normalized spacial score (nSPS) is 13.9. The average molecular weight is 602 g/mol. The Kier molecular flexibility index (Phi) is 13.4. The minimum absolute atomic E-state index is 0.00575. The third kappa shape index (κ3) is 11.6. The molecule has 0 fully saturated rings. The fraction of sp³-hybridized carbons (Fsp3) is 0.500. The van der Waals surface area contributed by atoms with Crippen molar-refractivity contribution in [2.75, 3.05) is 6.54 Å². The maximum absolute atomic E-state index is 13.3. The number of guanidine groups is 1. The number of benzene rings is 1. The Morgan fingerprint density at radius 1 is 0.907 bits per heavy atom. The molecule has 4 atom stereocenters. The molecule has 0 bridgehead atoms. The van der Waals surface area contributed by atoms with Gasteiger partial charge in [-0.1, -0.05) is 32.0 Å². The van der Waals surface area contributed by atoms with E-state index < -0.39 is 53.8 Å². The van der Waals surface area contributed by atoms with E-state index in [0.29, 0.717) is 12.0 Å². The van der Waals surface area contributed by atoms with Gasteiger partial charge in [-0.25, -0.2) is 4.79 Å². The van der Waals surface area contributed by atoms with Gasteiger partial charge in [0.05, 0.1) is 6.04 Å². The van der Waals surface area contributed by atoms with E-state index in [1.807, 2.05) is 38.1 Å². The molecule has 2 aromatic rings. The van der Waals surface area contributed by atoms with Crippen LogP contribution in [0.25, 0.3) is 10.9 Å². The molecule has 13 N–H and O–H groups in total. The first-order valence-electron chi connectivity index (χ1n) is 14.1. The Bertz CT molecular complexity index is 1300. The molecule has 0 spiro atoms. The van der Waals surface area contributed by atoms with Gasteiger partial charge in [0, 0.05) is 36.5 Å². The number of H-pyrrole nitrogens is 1. The van der Waals surface area contributed by atoms with Crippen LogP contribution in [0.3, 0.4) is 0 Å². The van der Waals surface area contributed by atoms with Crippen molar-refractivity contribution in [1.82, 2.24) is 20.9 Å². The number of carbonyl (C=O) groups excluding carboxylic acids is 4. The van der Waals surface area contributed by atoms with Gasteiger partial charge >= 0.3 is 5.97 Å². The van der Waals surface area contributed by atoms with Gasteiger partial charge in [0.2, 0.25) is 23.6 Å². The number of hydrogen-bond donors (Lipinski definition) is 9. The van der Waals surface area contributed by atoms with Crippen LogP contribution >= 0.6 is 0 Å². The van der Waals surface area contributed by atoms with Crippen molar-refractivity contribution in [3.63, 3.8) is 0 Å². The Hall–Kier alpha value is -4.66. The molecule has 0 saturated carbocycles. The summed E-state index contributed by atoms with van der Waals surface area (Å²) < 4.78 is 0. The molecule has 0 radical (unpaired) electrons. The van der Waals surface area contributed by atoms with Crippen molar-refractivity contribution in [2.45, 2.75) is 76.5 Å². The number of aliphatic imine (C=N–C) groups is 1. The second-order valence-corrected chi connectivity index (χ2v) is 10.8. The molecular weight excluding hydrogens is 558 g/mol. The Labute approximate surface area is 249 Å². The van der Waals surface area contributed by atoms with E-state index in [1.165, 1.54) is 0 Å². The van der Waals surface area contributed by atoms with E-state index in [-0.39, 0.29) is 50.5 Å². The van der Waals surface area contributed by atoms with E-state index in [4.69, 9.17) is 22.9 Å². The minimum atomic E-state index is -1.28. The van der Waals surface area contributed by atoms with Crippen LogP contribution in [-0.4, -0.2) is 76.4 Å². The van der Waals surface area contributed by atoms with Gasteiger partial charge in [0.25, 0.3) is 0 Å². The molecule has 43 heavy (non-hydrogen) atoms. The van der Waals surface area contributed by atoms with Gasteiger partial charge < -0.3 is 49.0 Å². The first kappa shape index (κ1) is 34.5. The lowest BCUT2D eigenvalue weighted by molar-refractivity contribution is -0.142. The zero-order valence-corrected chi connectivity index (χ0v) is 24.5. The van der Waals surface area contributed by atoms with Gasteiger partial charge in [-0.3, -0.25) is 24.2 Å². The van der Waals surface area contributed by atoms with Crippen LogP contribution in [0.4, 0.5) is 0 Å². The molecular formula is C28H43N9O6. The third-order valence-corrected chi connectivity index (χ3v) is 6.67. The molecule has 15 heteroatoms. The highest BCUT2D eigenvalue weighted by Gasteiger charge is 2.31. The number of nitrogens with one attached hydrogen (secondary N) is 4. The van der Waals surface area contributed by atoms with Crippen LogP contribution in [0.2, 0.25) is 0 Å². The van der Waals surface area contributed by atoms with Gasteiger partial charge in [0.15, 0.2) is 5.96 Å². The predicted molar refractivity (Wildman–Crippen MR) is 161 cm³/mol. The number of para-hydroxylation sites is 1. The Morgan fingerprint density at radius 3 is 2.16 bits per heavy atom. The summed E-state index contributed by atoms with van der Waals surface area (Å²) in [6, 6.07) is 2.75. The van der Waals surface area contributed by atoms with Gasteiger partial charge in [-0.15, -0.1) is 0 Å². The maximum Gasteiger partial charge on any atom is 0.326 e. The highest BCUT2D eigenvalue weighted by molar-refractivity contribution is 5.94. The van der Waals surface area contributed by atoms with Crippen molar-refractivity contribution in [1.29, 1.82) is 0 Å². The molecule has 1 heterocycles. The Balaban J connectivity index is 2.14. The van der Waals surface area contributed by atoms with Gasteiger partial charge in [0.1, 0.15) is 18.1 Å². The molecule has 4 amide bonds. The quantitative estimate of drug-likeness (QED) is 0.0571. The van der Waals surface area contributed by atoms with Crippen LogP contribution in [0, 0.1) is 5.92 Å². The number of rotatable bonds is 18. The van der Waals surface area contributed by atoms with Crippen LogP contribution in [0.15, 0.2) is 35.5 Å². The van der Waals surface area contributed by atoms with Gasteiger partial charge in [-0.05, 0) is 43.2 Å². The Morgan fingerprint density at radius 2 is 1.53 bits per heavy atom. The van der Waals surface area contributed by atoms with Crippen molar-refractivity contribution in [3.8, 4) is 0 Å². The van der Waals surface area contributed by atoms with Crippen molar-refractivity contribution in [3.05, 3.63) is 36.0 Å². The molecule has 0 saturated heterocycles. The number of nitrogens with two attached hydrogens (primary N) is 4. The maximum atomic E-state index is 13.3. The molecule has 236 valence electrons. The summed E-state index contributed by atoms with van der Waals surface area (Å²) in [4.78, 5) is 69.8. The zero-order chi connectivity index (χ0) is 32.1. The highest BCUT2D eigenvalue weighted by atomic mass is 16.4. The summed E-state index contributed by atoms with van der Waals surface area (Å²) in [6.45, 7) is 3.93. The second-order valence-electron chi connectivity index (χ2n) is 10.8. The lowest BCUT2D eigenvalue weighted by Gasteiger charge is -2.26. The predicted octanol–water partition coefficient (Wildman–Crippen LogP) is -1.06. The SMILES string of the molecule is CC(C)CC(NC(=O)C(CCC(N)=O)NC(=O)C(N)CCCN=C(N)N)C(=O)NC(Cc1c[nH]c2ccccc12)C(=O)O. The third-order valence-electron chi connectivity index (χ3n) is 6.67. The van der Waals surface area contributed by atoms with E-state index in [2.05, 4.69) is 25.9 Å². The number of amides is 4. The van der Waals surface area contributed by atoms with E-state index in [1.54, 1.807) is 6.20 Å². The average Bonchev–Trinajstić information content (AvgIpc) is 3.34.